The maximum absolute atomic E-state index is 14.3. The van der Waals surface area contributed by atoms with Gasteiger partial charge in [0.1, 0.15) is 57.3 Å². The van der Waals surface area contributed by atoms with Crippen LogP contribution in [0.15, 0.2) is 207 Å². The molecule has 1 N–H and O–H groups in total. The number of hydrogen-bond acceptors (Lipinski definition) is 12. The van der Waals surface area contributed by atoms with Gasteiger partial charge in [-0.15, -0.1) is 0 Å². The van der Waals surface area contributed by atoms with Gasteiger partial charge in [-0.2, -0.15) is 0 Å². The second-order valence-electron chi connectivity index (χ2n) is 19.9. The number of nitrogens with zero attached hydrogens (tertiary/aromatic N) is 5. The fourth-order valence-corrected chi connectivity index (χ4v) is 10.5. The molecule has 17 heteroatoms. The number of pyridine rings is 2. The summed E-state index contributed by atoms with van der Waals surface area (Å²) < 4.78 is 51.8. The van der Waals surface area contributed by atoms with E-state index >= 15 is 0 Å². The number of imide groups is 2. The molecule has 0 aliphatic carbocycles. The molecular weight excluding hydrogens is 1070 g/mol. The lowest BCUT2D eigenvalue weighted by molar-refractivity contribution is 0.0416. The summed E-state index contributed by atoms with van der Waals surface area (Å²) in [5.74, 6) is -3.63. The topological polar surface area (TPSA) is 178 Å². The number of aromatic nitrogens is 2. The van der Waals surface area contributed by atoms with E-state index in [-0.39, 0.29) is 69.4 Å². The van der Waals surface area contributed by atoms with Gasteiger partial charge in [0.15, 0.2) is 17.2 Å². The average Bonchev–Trinajstić information content (AvgIpc) is 3.95. The van der Waals surface area contributed by atoms with Crippen molar-refractivity contribution in [3.05, 3.63) is 274 Å². The van der Waals surface area contributed by atoms with E-state index in [4.69, 9.17) is 18.9 Å². The van der Waals surface area contributed by atoms with E-state index in [1.807, 2.05) is 121 Å². The molecular formula is C67H49F2N5O10. The Balaban J connectivity index is 0.000000168. The van der Waals surface area contributed by atoms with Crippen LogP contribution in [0.3, 0.4) is 0 Å². The van der Waals surface area contributed by atoms with Crippen molar-refractivity contribution < 1.29 is 56.8 Å². The molecule has 0 saturated carbocycles. The minimum atomic E-state index is -0.674. The summed E-state index contributed by atoms with van der Waals surface area (Å²) in [7, 11) is 0. The van der Waals surface area contributed by atoms with Crippen LogP contribution >= 0.6 is 0 Å². The molecule has 1 fully saturated rings. The number of fused-ring (bicyclic) bond motifs is 4. The molecule has 0 atom stereocenters. The maximum Gasteiger partial charge on any atom is 0.415 e. The fraction of sp³-hybridized carbons (Fsp3) is 0.119. The van der Waals surface area contributed by atoms with Crippen LogP contribution in [0.4, 0.5) is 13.6 Å². The lowest BCUT2D eigenvalue weighted by atomic mass is 9.99. The number of halogens is 2. The predicted octanol–water partition coefficient (Wildman–Crippen LogP) is 12.2. The second-order valence-corrected chi connectivity index (χ2v) is 19.9. The first kappa shape index (κ1) is 54.0. The van der Waals surface area contributed by atoms with E-state index in [0.29, 0.717) is 48.2 Å². The third kappa shape index (κ3) is 10.5. The molecule has 84 heavy (non-hydrogen) atoms. The summed E-state index contributed by atoms with van der Waals surface area (Å²) in [5.41, 5.74) is 4.61. The molecule has 5 amide bonds. The number of rotatable bonds is 13. The fourth-order valence-electron chi connectivity index (χ4n) is 10.5. The normalized spacial score (nSPS) is 13.8. The number of amides is 5. The molecule has 10 aromatic rings. The van der Waals surface area contributed by atoms with Gasteiger partial charge in [-0.1, -0.05) is 146 Å². The number of aromatic hydroxyl groups is 1. The van der Waals surface area contributed by atoms with Crippen LogP contribution < -0.4 is 14.2 Å². The monoisotopic (exact) mass is 1120 g/mol. The van der Waals surface area contributed by atoms with Crippen molar-refractivity contribution in [1.29, 1.82) is 0 Å². The molecule has 0 unspecified atom stereocenters. The van der Waals surface area contributed by atoms with Gasteiger partial charge in [0.25, 0.3) is 23.6 Å². The van der Waals surface area contributed by atoms with Crippen LogP contribution in [-0.4, -0.2) is 85.8 Å². The molecule has 0 spiro atoms. The predicted molar refractivity (Wildman–Crippen MR) is 305 cm³/mol. The van der Waals surface area contributed by atoms with E-state index in [9.17, 15) is 37.9 Å². The number of carbonyl (C=O) groups is 5. The molecule has 13 rings (SSSR count). The molecule has 1 saturated heterocycles. The molecule has 8 aromatic carbocycles. The summed E-state index contributed by atoms with van der Waals surface area (Å²) in [6, 6.07) is 55.8. The van der Waals surface area contributed by atoms with E-state index in [2.05, 4.69) is 9.97 Å². The van der Waals surface area contributed by atoms with Crippen LogP contribution in [0, 0.1) is 11.6 Å². The molecule has 2 aromatic heterocycles. The first-order chi connectivity index (χ1) is 41.0. The van der Waals surface area contributed by atoms with Gasteiger partial charge in [-0.05, 0) is 81.9 Å². The zero-order valence-corrected chi connectivity index (χ0v) is 44.6. The van der Waals surface area contributed by atoms with Crippen molar-refractivity contribution in [3.8, 4) is 23.0 Å². The Morgan fingerprint density at radius 1 is 0.476 bits per heavy atom. The van der Waals surface area contributed by atoms with Gasteiger partial charge in [-0.25, -0.2) is 13.6 Å². The first-order valence-corrected chi connectivity index (χ1v) is 26.9. The second kappa shape index (κ2) is 23.4. The van der Waals surface area contributed by atoms with Gasteiger partial charge in [0.05, 0.1) is 31.9 Å². The van der Waals surface area contributed by atoms with Crippen molar-refractivity contribution in [2.45, 2.75) is 25.3 Å². The zero-order valence-electron chi connectivity index (χ0n) is 44.6. The maximum atomic E-state index is 14.3. The van der Waals surface area contributed by atoms with E-state index in [1.54, 1.807) is 36.7 Å². The SMILES string of the molecule is O=C(Oc1c2c(c(OC(c3ccccc3)c3ccccc3)c3ncccc13)C(=O)N(Cc1ccc(F)cc1)C2=O)N1CCOCC1.O=C1c2c(c(OC(c3ccccc3)c3ccccc3)c3ncccc3c2O)C(=O)N1Cc1ccc(F)cc1. The number of hydrogen-bond donors (Lipinski definition) is 1. The Morgan fingerprint density at radius 3 is 1.27 bits per heavy atom. The Kier molecular flexibility index (Phi) is 15.1. The van der Waals surface area contributed by atoms with Gasteiger partial charge in [0.2, 0.25) is 0 Å². The number of benzene rings is 8. The zero-order chi connectivity index (χ0) is 57.8. The molecule has 0 bridgehead atoms. The lowest BCUT2D eigenvalue weighted by Gasteiger charge is -2.27. The number of morpholine rings is 1. The molecule has 5 heterocycles. The van der Waals surface area contributed by atoms with Crippen molar-refractivity contribution in [2.75, 3.05) is 26.3 Å². The summed E-state index contributed by atoms with van der Waals surface area (Å²) in [5, 5.41) is 11.8. The summed E-state index contributed by atoms with van der Waals surface area (Å²) in [4.78, 5) is 81.8. The number of carbonyl (C=O) groups excluding carboxylic acids is 5. The first-order valence-electron chi connectivity index (χ1n) is 26.9. The quantitative estimate of drug-likeness (QED) is 0.108. The minimum Gasteiger partial charge on any atom is -0.506 e. The number of phenols is 1. The van der Waals surface area contributed by atoms with Crippen molar-refractivity contribution in [1.82, 2.24) is 24.7 Å². The van der Waals surface area contributed by atoms with Crippen molar-refractivity contribution in [2.24, 2.45) is 0 Å². The van der Waals surface area contributed by atoms with Crippen molar-refractivity contribution in [3.63, 3.8) is 0 Å². The molecule has 0 radical (unpaired) electrons. The third-order valence-corrected chi connectivity index (χ3v) is 14.6. The minimum absolute atomic E-state index is 0.0438. The van der Waals surface area contributed by atoms with Gasteiger partial charge < -0.3 is 29.0 Å². The van der Waals surface area contributed by atoms with Crippen LogP contribution in [0.5, 0.6) is 23.0 Å². The highest BCUT2D eigenvalue weighted by Crippen LogP contribution is 2.48. The Morgan fingerprint density at radius 2 is 0.845 bits per heavy atom. The van der Waals surface area contributed by atoms with Crippen molar-refractivity contribution >= 4 is 51.5 Å². The van der Waals surface area contributed by atoms with Gasteiger partial charge in [-0.3, -0.25) is 38.9 Å². The third-order valence-electron chi connectivity index (χ3n) is 14.6. The van der Waals surface area contributed by atoms with Crippen LogP contribution in [0.1, 0.15) is 87.0 Å². The summed E-state index contributed by atoms with van der Waals surface area (Å²) in [6.45, 7) is 1.12. The Bertz CT molecular complexity index is 4060. The van der Waals surface area contributed by atoms with Crippen LogP contribution in [0.25, 0.3) is 21.8 Å². The summed E-state index contributed by atoms with van der Waals surface area (Å²) in [6.07, 6.45) is 1.12. The standard InChI is InChI=1S/C36H28FN3O6.C31H21FN2O4/c37-26-15-13-23(14-16-26)22-40-34(41)28-29(35(40)42)33(45-31(24-8-3-1-4-9-24)25-10-5-2-6-11-25)30-27(12-7-17-38-30)32(28)46-36(43)39-18-20-44-21-19-39;32-22-15-13-19(14-16-22)18-34-30(36)24-25(31(34)37)29(26-23(27(24)35)12-7-17-33-26)38-28(20-8-3-1-4-9-20)21-10-5-2-6-11-21/h1-17,31H,18-22H2;1-17,28,35H,18H2. The highest BCUT2D eigenvalue weighted by atomic mass is 19.1. The van der Waals surface area contributed by atoms with Gasteiger partial charge in [0, 0.05) is 36.3 Å². The molecule has 3 aliphatic heterocycles. The van der Waals surface area contributed by atoms with E-state index in [1.165, 1.54) is 53.4 Å². The molecule has 15 nitrogen and oxygen atoms in total. The Hall–Kier alpha value is -10.7. The van der Waals surface area contributed by atoms with Crippen LogP contribution in [0.2, 0.25) is 0 Å². The lowest BCUT2D eigenvalue weighted by Crippen LogP contribution is -2.42. The van der Waals surface area contributed by atoms with E-state index < -0.39 is 53.6 Å². The highest BCUT2D eigenvalue weighted by molar-refractivity contribution is 6.28. The highest BCUT2D eigenvalue weighted by Gasteiger charge is 2.46. The van der Waals surface area contributed by atoms with Gasteiger partial charge >= 0.3 is 6.09 Å². The number of phenolic OH excluding ortho intramolecular Hbond substituents is 1. The Labute approximate surface area is 479 Å². The smallest absolute Gasteiger partial charge is 0.415 e. The molecule has 416 valence electrons. The largest absolute Gasteiger partial charge is 0.506 e. The molecule has 3 aliphatic rings. The van der Waals surface area contributed by atoms with E-state index in [0.717, 1.165) is 32.1 Å². The van der Waals surface area contributed by atoms with Crippen LogP contribution in [-0.2, 0) is 17.8 Å². The summed E-state index contributed by atoms with van der Waals surface area (Å²) >= 11 is 0. The number of ether oxygens (including phenoxy) is 4. The average molecular weight is 1120 g/mol.